The number of nitrogens with one attached hydrogen (secondary N) is 2. The number of halogens is 1. The van der Waals surface area contributed by atoms with Gasteiger partial charge >= 0.3 is 6.03 Å². The average molecular weight is 466 g/mol. The van der Waals surface area contributed by atoms with Crippen LogP contribution in [-0.2, 0) is 16.3 Å². The van der Waals surface area contributed by atoms with E-state index in [1.807, 2.05) is 10.8 Å². The molecule has 3 aromatic rings. The normalized spacial score (nSPS) is 11.7. The molecular formula is C20H24FN5O3S2. The largest absolute Gasteiger partial charge is 0.337 e. The maximum absolute atomic E-state index is 14.2. The molecule has 3 rings (SSSR count). The molecule has 8 nitrogen and oxygen atoms in total. The molecule has 0 aliphatic carbocycles. The molecule has 166 valence electrons. The molecule has 0 atom stereocenters. The summed E-state index contributed by atoms with van der Waals surface area (Å²) in [6.45, 7) is 6.28. The van der Waals surface area contributed by atoms with E-state index in [4.69, 9.17) is 0 Å². The first-order valence-electron chi connectivity index (χ1n) is 9.59. The predicted molar refractivity (Wildman–Crippen MR) is 119 cm³/mol. The summed E-state index contributed by atoms with van der Waals surface area (Å²) in [7, 11) is -3.64. The van der Waals surface area contributed by atoms with Crippen LogP contribution in [0, 0.1) is 12.7 Å². The van der Waals surface area contributed by atoms with E-state index in [1.54, 1.807) is 13.3 Å². The number of carbonyl (C=O) groups is 1. The van der Waals surface area contributed by atoms with Gasteiger partial charge in [0.1, 0.15) is 10.7 Å². The van der Waals surface area contributed by atoms with Crippen LogP contribution in [-0.4, -0.2) is 41.8 Å². The number of amides is 2. The fraction of sp³-hybridized carbons (Fsp3) is 0.350. The molecule has 0 spiro atoms. The smallest absolute Gasteiger partial charge is 0.321 e. The van der Waals surface area contributed by atoms with Gasteiger partial charge in [-0.2, -0.15) is 0 Å². The van der Waals surface area contributed by atoms with Crippen LogP contribution in [0.15, 0.2) is 35.6 Å². The predicted octanol–water partition coefficient (Wildman–Crippen LogP) is 3.80. The summed E-state index contributed by atoms with van der Waals surface area (Å²) in [5, 5.41) is 5.80. The molecule has 0 bridgehead atoms. The third-order valence-corrected chi connectivity index (χ3v) is 6.78. The molecule has 2 aromatic heterocycles. The van der Waals surface area contributed by atoms with Gasteiger partial charge < -0.3 is 9.88 Å². The lowest BCUT2D eigenvalue weighted by molar-refractivity contribution is 0.252. The number of hydrogen-bond acceptors (Lipinski definition) is 6. The third-order valence-electron chi connectivity index (χ3n) is 4.53. The highest BCUT2D eigenvalue weighted by molar-refractivity contribution is 7.90. The number of sulfone groups is 1. The second-order valence-corrected chi connectivity index (χ2v) is 10.4. The summed E-state index contributed by atoms with van der Waals surface area (Å²) >= 11 is 1.18. The Morgan fingerprint density at radius 1 is 1.32 bits per heavy atom. The van der Waals surface area contributed by atoms with Crippen molar-refractivity contribution in [2.45, 2.75) is 38.1 Å². The fourth-order valence-corrected chi connectivity index (χ4v) is 4.58. The molecule has 2 N–H and O–H groups in total. The lowest BCUT2D eigenvalue weighted by atomic mass is 10.1. The number of rotatable bonds is 7. The zero-order valence-electron chi connectivity index (χ0n) is 17.6. The Morgan fingerprint density at radius 3 is 2.68 bits per heavy atom. The van der Waals surface area contributed by atoms with E-state index in [0.29, 0.717) is 40.3 Å². The molecule has 11 heteroatoms. The molecule has 2 heterocycles. The van der Waals surface area contributed by atoms with Gasteiger partial charge in [0.2, 0.25) is 0 Å². The number of hydrogen-bond donors (Lipinski definition) is 2. The van der Waals surface area contributed by atoms with Crippen LogP contribution in [0.25, 0.3) is 10.4 Å². The van der Waals surface area contributed by atoms with Gasteiger partial charge in [0.25, 0.3) is 0 Å². The molecule has 0 saturated heterocycles. The van der Waals surface area contributed by atoms with Gasteiger partial charge in [-0.1, -0.05) is 17.4 Å². The van der Waals surface area contributed by atoms with Gasteiger partial charge in [-0.15, -0.1) is 0 Å². The van der Waals surface area contributed by atoms with E-state index in [2.05, 4.69) is 34.4 Å². The zero-order valence-corrected chi connectivity index (χ0v) is 19.3. The average Bonchev–Trinajstić information content (AvgIpc) is 3.27. The van der Waals surface area contributed by atoms with Crippen molar-refractivity contribution in [2.75, 3.05) is 18.1 Å². The van der Waals surface area contributed by atoms with Gasteiger partial charge in [0.15, 0.2) is 15.0 Å². The van der Waals surface area contributed by atoms with Crippen LogP contribution in [0.1, 0.15) is 31.3 Å². The van der Waals surface area contributed by atoms with Gasteiger partial charge in [0, 0.05) is 31.5 Å². The highest BCUT2D eigenvalue weighted by Gasteiger charge is 2.17. The van der Waals surface area contributed by atoms with Crippen molar-refractivity contribution in [1.82, 2.24) is 19.9 Å². The number of aryl methyl sites for hydroxylation is 1. The maximum atomic E-state index is 14.2. The number of benzene rings is 1. The van der Waals surface area contributed by atoms with E-state index in [0.717, 1.165) is 18.0 Å². The molecule has 0 aliphatic rings. The maximum Gasteiger partial charge on any atom is 0.321 e. The van der Waals surface area contributed by atoms with E-state index in [1.165, 1.54) is 23.5 Å². The highest BCUT2D eigenvalue weighted by atomic mass is 32.2. The van der Waals surface area contributed by atoms with Crippen molar-refractivity contribution < 1.29 is 17.6 Å². The van der Waals surface area contributed by atoms with E-state index in [9.17, 15) is 17.6 Å². The Kier molecular flexibility index (Phi) is 6.75. The van der Waals surface area contributed by atoms with E-state index < -0.39 is 21.7 Å². The Hall–Kier alpha value is -2.79. The first kappa shape index (κ1) is 22.9. The number of anilines is 1. The van der Waals surface area contributed by atoms with Crippen LogP contribution >= 0.6 is 11.3 Å². The minimum Gasteiger partial charge on any atom is -0.337 e. The molecule has 2 amide bonds. The lowest BCUT2D eigenvalue weighted by Crippen LogP contribution is -2.30. The van der Waals surface area contributed by atoms with Crippen LogP contribution in [0.3, 0.4) is 0 Å². The van der Waals surface area contributed by atoms with Crippen molar-refractivity contribution in [3.8, 4) is 10.4 Å². The second kappa shape index (κ2) is 9.15. The number of nitrogens with zero attached hydrogens (tertiary/aromatic N) is 3. The lowest BCUT2D eigenvalue weighted by Gasteiger charge is -2.05. The summed E-state index contributed by atoms with van der Waals surface area (Å²) in [5.41, 5.74) is 1.99. The first-order chi connectivity index (χ1) is 14.5. The molecule has 31 heavy (non-hydrogen) atoms. The zero-order chi connectivity index (χ0) is 22.8. The summed E-state index contributed by atoms with van der Waals surface area (Å²) in [5.74, 6) is -0.819. The Balaban J connectivity index is 1.61. The number of carbonyl (C=O) groups excluding carboxylic acids is 1. The number of thiazole rings is 1. The summed E-state index contributed by atoms with van der Waals surface area (Å²) in [4.78, 5) is 21.1. The monoisotopic (exact) mass is 465 g/mol. The molecule has 0 saturated carbocycles. The van der Waals surface area contributed by atoms with Crippen LogP contribution in [0.2, 0.25) is 0 Å². The van der Waals surface area contributed by atoms with E-state index >= 15 is 0 Å². The number of urea groups is 1. The van der Waals surface area contributed by atoms with Crippen molar-refractivity contribution in [3.63, 3.8) is 0 Å². The topological polar surface area (TPSA) is 106 Å². The van der Waals surface area contributed by atoms with Crippen molar-refractivity contribution in [2.24, 2.45) is 0 Å². The van der Waals surface area contributed by atoms with Crippen LogP contribution in [0.5, 0.6) is 0 Å². The summed E-state index contributed by atoms with van der Waals surface area (Å²) in [6.07, 6.45) is 5.28. The third kappa shape index (κ3) is 5.67. The van der Waals surface area contributed by atoms with Crippen molar-refractivity contribution in [1.29, 1.82) is 0 Å². The Bertz CT molecular complexity index is 1200. The summed E-state index contributed by atoms with van der Waals surface area (Å²) < 4.78 is 39.4. The van der Waals surface area contributed by atoms with E-state index in [-0.39, 0.29) is 4.90 Å². The second-order valence-electron chi connectivity index (χ2n) is 7.39. The van der Waals surface area contributed by atoms with Crippen LogP contribution < -0.4 is 10.6 Å². The Morgan fingerprint density at radius 2 is 2.06 bits per heavy atom. The van der Waals surface area contributed by atoms with Gasteiger partial charge in [-0.25, -0.2) is 27.6 Å². The number of aromatic nitrogens is 3. The fourth-order valence-electron chi connectivity index (χ4n) is 2.90. The highest BCUT2D eigenvalue weighted by Crippen LogP contribution is 2.34. The minimum atomic E-state index is -3.64. The molecule has 0 unspecified atom stereocenters. The van der Waals surface area contributed by atoms with Crippen LogP contribution in [0.4, 0.5) is 14.3 Å². The minimum absolute atomic E-state index is 0.330. The molecule has 0 fully saturated rings. The van der Waals surface area contributed by atoms with Crippen molar-refractivity contribution in [3.05, 3.63) is 47.9 Å². The molecular weight excluding hydrogens is 441 g/mol. The Labute approximate surface area is 184 Å². The van der Waals surface area contributed by atoms with Crippen molar-refractivity contribution >= 4 is 32.3 Å². The first-order valence-corrected chi connectivity index (χ1v) is 12.3. The standard InChI is InChI=1S/C20H24FN5O3S2/c1-12(2)26-10-15(23-11-26)7-8-22-19(27)25-20-24-13(3)18(30-20)14-5-6-17(16(21)9-14)31(4,28)29/h5-6,9-12H,7-8H2,1-4H3,(H2,22,24,25,27). The number of imidazole rings is 1. The quantitative estimate of drug-likeness (QED) is 0.552. The molecule has 1 aromatic carbocycles. The molecule has 0 radical (unpaired) electrons. The molecule has 0 aliphatic heterocycles. The van der Waals surface area contributed by atoms with Gasteiger partial charge in [-0.3, -0.25) is 5.32 Å². The van der Waals surface area contributed by atoms with Gasteiger partial charge in [-0.05, 0) is 38.5 Å². The SMILES string of the molecule is Cc1nc(NC(=O)NCCc2cn(C(C)C)cn2)sc1-c1ccc(S(C)(=O)=O)c(F)c1. The van der Waals surface area contributed by atoms with Gasteiger partial charge in [0.05, 0.1) is 22.6 Å². The summed E-state index contributed by atoms with van der Waals surface area (Å²) in [6, 6.07) is 3.86.